The number of fused-ring (bicyclic) bond motifs is 1. The summed E-state index contributed by atoms with van der Waals surface area (Å²) < 4.78 is 38.5. The molecule has 1 unspecified atom stereocenters. The van der Waals surface area contributed by atoms with Gasteiger partial charge >= 0.3 is 0 Å². The smallest absolute Gasteiger partial charge is 0.211 e. The van der Waals surface area contributed by atoms with Gasteiger partial charge in [-0.05, 0) is 51.3 Å². The molecule has 7 heteroatoms. The highest BCUT2D eigenvalue weighted by atomic mass is 32.2. The number of ether oxygens (including phenoxy) is 2. The maximum Gasteiger partial charge on any atom is 0.211 e. The Labute approximate surface area is 163 Å². The molecule has 1 N–H and O–H groups in total. The number of hydrogen-bond acceptors (Lipinski definition) is 5. The Balaban J connectivity index is 2.37. The van der Waals surface area contributed by atoms with Gasteiger partial charge in [-0.15, -0.1) is 0 Å². The second kappa shape index (κ2) is 9.26. The van der Waals surface area contributed by atoms with Crippen LogP contribution in [0.5, 0.6) is 11.5 Å². The lowest BCUT2D eigenvalue weighted by atomic mass is 9.89. The van der Waals surface area contributed by atoms with Crippen molar-refractivity contribution in [2.75, 3.05) is 26.0 Å². The van der Waals surface area contributed by atoms with Crippen LogP contribution in [0.4, 0.5) is 0 Å². The Bertz CT molecular complexity index is 717. The molecule has 1 aromatic carbocycles. The average molecular weight is 400 g/mol. The number of rotatable bonds is 10. The first kappa shape index (κ1) is 22.0. The minimum absolute atomic E-state index is 0.0584. The molecule has 1 aliphatic heterocycles. The van der Waals surface area contributed by atoms with Crippen LogP contribution in [0.1, 0.15) is 64.5 Å². The molecule has 0 radical (unpaired) electrons. The molecule has 1 atom stereocenters. The van der Waals surface area contributed by atoms with E-state index >= 15 is 0 Å². The van der Waals surface area contributed by atoms with Crippen molar-refractivity contribution in [1.82, 2.24) is 4.31 Å². The lowest BCUT2D eigenvalue weighted by Crippen LogP contribution is -2.43. The standard InChI is InChI=1S/C20H33NO5S/c1-5-6-13-25-16-9-10-19-17(14-16)18(15-20(2,3)26-19)21(27(4,23)24)11-7-8-12-22/h9-10,14,18,22H,5-8,11-13,15H2,1-4H3. The van der Waals surface area contributed by atoms with Crippen LogP contribution in [0.25, 0.3) is 0 Å². The van der Waals surface area contributed by atoms with Gasteiger partial charge in [-0.25, -0.2) is 8.42 Å². The maximum absolute atomic E-state index is 12.5. The second-order valence-electron chi connectivity index (χ2n) is 7.79. The highest BCUT2D eigenvalue weighted by Gasteiger charge is 2.39. The number of nitrogens with zero attached hydrogens (tertiary/aromatic N) is 1. The van der Waals surface area contributed by atoms with Gasteiger partial charge < -0.3 is 14.6 Å². The van der Waals surface area contributed by atoms with Crippen LogP contribution in [-0.4, -0.2) is 49.4 Å². The fourth-order valence-corrected chi connectivity index (χ4v) is 4.52. The molecule has 6 nitrogen and oxygen atoms in total. The highest BCUT2D eigenvalue weighted by molar-refractivity contribution is 7.88. The van der Waals surface area contributed by atoms with E-state index in [0.717, 1.165) is 24.2 Å². The Hall–Kier alpha value is -1.31. The van der Waals surface area contributed by atoms with E-state index in [-0.39, 0.29) is 12.6 Å². The summed E-state index contributed by atoms with van der Waals surface area (Å²) in [6, 6.07) is 5.35. The Morgan fingerprint density at radius 3 is 2.67 bits per heavy atom. The molecule has 0 aromatic heterocycles. The molecule has 1 heterocycles. The van der Waals surface area contributed by atoms with Gasteiger partial charge in [0, 0.05) is 25.1 Å². The third-order valence-corrected chi connectivity index (χ3v) is 6.03. The molecule has 0 fully saturated rings. The summed E-state index contributed by atoms with van der Waals surface area (Å²) in [6.07, 6.45) is 5.02. The van der Waals surface area contributed by atoms with Crippen molar-refractivity contribution in [2.45, 2.75) is 64.5 Å². The molecule has 0 spiro atoms. The minimum Gasteiger partial charge on any atom is -0.494 e. The van der Waals surface area contributed by atoms with Crippen LogP contribution >= 0.6 is 0 Å². The largest absolute Gasteiger partial charge is 0.494 e. The number of benzene rings is 1. The summed E-state index contributed by atoms with van der Waals surface area (Å²) in [5, 5.41) is 9.07. The van der Waals surface area contributed by atoms with Gasteiger partial charge in [0.25, 0.3) is 0 Å². The molecular weight excluding hydrogens is 366 g/mol. The Kier molecular flexibility index (Phi) is 7.54. The summed E-state index contributed by atoms with van der Waals surface area (Å²) in [7, 11) is -3.42. The summed E-state index contributed by atoms with van der Waals surface area (Å²) in [5.74, 6) is 1.44. The van der Waals surface area contributed by atoms with E-state index in [1.165, 1.54) is 6.26 Å². The number of aliphatic hydroxyl groups excluding tert-OH is 1. The third-order valence-electron chi connectivity index (χ3n) is 4.74. The SMILES string of the molecule is CCCCOc1ccc2c(c1)C(N(CCCCO)S(C)(=O)=O)CC(C)(C)O2. The fourth-order valence-electron chi connectivity index (χ4n) is 3.41. The van der Waals surface area contributed by atoms with Crippen LogP contribution in [0.3, 0.4) is 0 Å². The summed E-state index contributed by atoms with van der Waals surface area (Å²) in [4.78, 5) is 0. The van der Waals surface area contributed by atoms with Crippen molar-refractivity contribution in [3.8, 4) is 11.5 Å². The van der Waals surface area contributed by atoms with Gasteiger partial charge in [-0.3, -0.25) is 0 Å². The predicted octanol–water partition coefficient (Wildman–Crippen LogP) is 3.50. The molecule has 1 aromatic rings. The van der Waals surface area contributed by atoms with Crippen LogP contribution in [0, 0.1) is 0 Å². The third kappa shape index (κ3) is 6.09. The molecule has 0 amide bonds. The van der Waals surface area contributed by atoms with E-state index < -0.39 is 15.6 Å². The van der Waals surface area contributed by atoms with Crippen molar-refractivity contribution < 1.29 is 23.0 Å². The molecule has 0 saturated heterocycles. The molecular formula is C20H33NO5S. The first-order chi connectivity index (χ1) is 12.7. The fraction of sp³-hybridized carbons (Fsp3) is 0.700. The normalized spacial score (nSPS) is 18.8. The van der Waals surface area contributed by atoms with E-state index in [9.17, 15) is 8.42 Å². The van der Waals surface area contributed by atoms with Crippen molar-refractivity contribution in [3.63, 3.8) is 0 Å². The van der Waals surface area contributed by atoms with E-state index in [1.54, 1.807) is 4.31 Å². The van der Waals surface area contributed by atoms with Crippen molar-refractivity contribution in [2.24, 2.45) is 0 Å². The van der Waals surface area contributed by atoms with E-state index in [1.807, 2.05) is 32.0 Å². The minimum atomic E-state index is -3.42. The first-order valence-electron chi connectivity index (χ1n) is 9.71. The molecule has 0 aliphatic carbocycles. The van der Waals surface area contributed by atoms with Gasteiger partial charge in [0.2, 0.25) is 10.0 Å². The topological polar surface area (TPSA) is 76.1 Å². The van der Waals surface area contributed by atoms with Crippen LogP contribution in [0.15, 0.2) is 18.2 Å². The Morgan fingerprint density at radius 1 is 1.30 bits per heavy atom. The van der Waals surface area contributed by atoms with Crippen LogP contribution in [-0.2, 0) is 10.0 Å². The average Bonchev–Trinajstić information content (AvgIpc) is 2.57. The lowest BCUT2D eigenvalue weighted by Gasteiger charge is -2.41. The van der Waals surface area contributed by atoms with Crippen molar-refractivity contribution in [3.05, 3.63) is 23.8 Å². The Morgan fingerprint density at radius 2 is 2.04 bits per heavy atom. The number of sulfonamides is 1. The zero-order chi connectivity index (χ0) is 20.1. The predicted molar refractivity (Wildman–Crippen MR) is 107 cm³/mol. The highest BCUT2D eigenvalue weighted by Crippen LogP contribution is 2.44. The monoisotopic (exact) mass is 399 g/mol. The molecule has 27 heavy (non-hydrogen) atoms. The molecule has 1 aliphatic rings. The first-order valence-corrected chi connectivity index (χ1v) is 11.6. The second-order valence-corrected chi connectivity index (χ2v) is 9.72. The van der Waals surface area contributed by atoms with Crippen molar-refractivity contribution >= 4 is 10.0 Å². The zero-order valence-electron chi connectivity index (χ0n) is 16.9. The van der Waals surface area contributed by atoms with Crippen LogP contribution in [0.2, 0.25) is 0 Å². The van der Waals surface area contributed by atoms with E-state index in [4.69, 9.17) is 14.6 Å². The van der Waals surface area contributed by atoms with Gasteiger partial charge in [0.05, 0.1) is 18.9 Å². The zero-order valence-corrected chi connectivity index (χ0v) is 17.7. The molecule has 154 valence electrons. The summed E-state index contributed by atoms with van der Waals surface area (Å²) in [6.45, 7) is 7.13. The van der Waals surface area contributed by atoms with Crippen molar-refractivity contribution in [1.29, 1.82) is 0 Å². The maximum atomic E-state index is 12.5. The lowest BCUT2D eigenvalue weighted by molar-refractivity contribution is 0.0497. The quantitative estimate of drug-likeness (QED) is 0.610. The van der Waals surface area contributed by atoms with Gasteiger partial charge in [-0.2, -0.15) is 4.31 Å². The molecule has 2 rings (SSSR count). The van der Waals surface area contributed by atoms with Gasteiger partial charge in [0.15, 0.2) is 0 Å². The van der Waals surface area contributed by atoms with E-state index in [0.29, 0.717) is 38.2 Å². The molecule has 0 saturated carbocycles. The summed E-state index contributed by atoms with van der Waals surface area (Å²) in [5.41, 5.74) is 0.375. The van der Waals surface area contributed by atoms with Crippen LogP contribution < -0.4 is 9.47 Å². The van der Waals surface area contributed by atoms with E-state index in [2.05, 4.69) is 6.92 Å². The van der Waals surface area contributed by atoms with Gasteiger partial charge in [0.1, 0.15) is 17.1 Å². The number of aliphatic hydroxyl groups is 1. The number of unbranched alkanes of at least 4 members (excludes halogenated alkanes) is 2. The van der Waals surface area contributed by atoms with Gasteiger partial charge in [-0.1, -0.05) is 13.3 Å². The molecule has 0 bridgehead atoms. The number of hydrogen-bond donors (Lipinski definition) is 1. The summed E-state index contributed by atoms with van der Waals surface area (Å²) >= 11 is 0.